The number of fused-ring (bicyclic) bond motifs is 1. The molecule has 0 radical (unpaired) electrons. The van der Waals surface area contributed by atoms with Gasteiger partial charge in [0.1, 0.15) is 14.8 Å². The van der Waals surface area contributed by atoms with Crippen LogP contribution in [-0.4, -0.2) is 25.8 Å². The summed E-state index contributed by atoms with van der Waals surface area (Å²) in [5.41, 5.74) is 3.92. The number of hydrogen-bond donors (Lipinski definition) is 2. The zero-order chi connectivity index (χ0) is 21.5. The number of hydrogen-bond acceptors (Lipinski definition) is 6. The quantitative estimate of drug-likeness (QED) is 0.628. The van der Waals surface area contributed by atoms with E-state index in [1.807, 2.05) is 0 Å². The van der Waals surface area contributed by atoms with Crippen LogP contribution < -0.4 is 0 Å². The summed E-state index contributed by atoms with van der Waals surface area (Å²) < 4.78 is 21.6. The molecule has 30 heavy (non-hydrogen) atoms. The van der Waals surface area contributed by atoms with E-state index in [1.54, 1.807) is 13.8 Å². The fourth-order valence-electron chi connectivity index (χ4n) is 4.45. The lowest BCUT2D eigenvalue weighted by molar-refractivity contribution is -0.116. The van der Waals surface area contributed by atoms with Gasteiger partial charge in [0.2, 0.25) is 0 Å². The molecule has 1 fully saturated rings. The van der Waals surface area contributed by atoms with E-state index in [2.05, 4.69) is 17.1 Å². The minimum Gasteiger partial charge on any atom is -0.383 e. The van der Waals surface area contributed by atoms with Gasteiger partial charge < -0.3 is 5.11 Å². The Kier molecular flexibility index (Phi) is 5.90. The molecule has 0 saturated heterocycles. The van der Waals surface area contributed by atoms with Gasteiger partial charge in [0.15, 0.2) is 5.78 Å². The lowest BCUT2D eigenvalue weighted by Crippen LogP contribution is -2.20. The summed E-state index contributed by atoms with van der Waals surface area (Å²) in [5.74, 6) is 0.270. The molecule has 1 aromatic carbocycles. The van der Waals surface area contributed by atoms with E-state index < -0.39 is 15.3 Å². The van der Waals surface area contributed by atoms with Crippen LogP contribution in [-0.2, 0) is 45.8 Å². The van der Waals surface area contributed by atoms with Crippen LogP contribution >= 0.6 is 11.3 Å². The Balaban J connectivity index is 1.53. The molecule has 162 valence electrons. The van der Waals surface area contributed by atoms with Crippen molar-refractivity contribution in [3.8, 4) is 0 Å². The van der Waals surface area contributed by atoms with Crippen molar-refractivity contribution >= 4 is 26.8 Å². The van der Waals surface area contributed by atoms with Crippen molar-refractivity contribution < 1.29 is 14.1 Å². The van der Waals surface area contributed by atoms with Gasteiger partial charge in [-0.25, -0.2) is 14.0 Å². The van der Waals surface area contributed by atoms with Crippen LogP contribution in [0.25, 0.3) is 0 Å². The van der Waals surface area contributed by atoms with Gasteiger partial charge in [-0.15, -0.1) is 11.3 Å². The normalized spacial score (nSPS) is 18.6. The van der Waals surface area contributed by atoms with Crippen LogP contribution in [0.4, 0.5) is 0 Å². The molecule has 0 spiro atoms. The van der Waals surface area contributed by atoms with Gasteiger partial charge in [0.25, 0.3) is 0 Å². The molecule has 0 unspecified atom stereocenters. The number of rotatable bonds is 8. The van der Waals surface area contributed by atoms with E-state index in [9.17, 15) is 14.1 Å². The van der Waals surface area contributed by atoms with Gasteiger partial charge in [-0.1, -0.05) is 31.4 Å². The highest BCUT2D eigenvalue weighted by Crippen LogP contribution is 2.35. The van der Waals surface area contributed by atoms with Crippen molar-refractivity contribution in [3.05, 3.63) is 45.6 Å². The van der Waals surface area contributed by atoms with E-state index in [0.717, 1.165) is 48.5 Å². The van der Waals surface area contributed by atoms with Crippen LogP contribution in [0.3, 0.4) is 0 Å². The van der Waals surface area contributed by atoms with Crippen LogP contribution in [0.5, 0.6) is 0 Å². The fraction of sp³-hybridized carbons (Fsp3) is 0.565. The Hall–Kier alpha value is -1.57. The summed E-state index contributed by atoms with van der Waals surface area (Å²) in [7, 11) is -3.27. The van der Waals surface area contributed by atoms with E-state index in [0.29, 0.717) is 5.01 Å². The first-order chi connectivity index (χ1) is 14.1. The van der Waals surface area contributed by atoms with Crippen molar-refractivity contribution in [2.24, 2.45) is 5.92 Å². The number of benzene rings is 1. The number of ketones is 1. The summed E-state index contributed by atoms with van der Waals surface area (Å²) in [4.78, 5) is 17.1. The Morgan fingerprint density at radius 2 is 2.07 bits per heavy atom. The van der Waals surface area contributed by atoms with Gasteiger partial charge in [-0.05, 0) is 67.7 Å². The minimum atomic E-state index is -3.27. The molecule has 1 heterocycles. The maximum atomic E-state index is 13.0. The van der Waals surface area contributed by atoms with Gasteiger partial charge in [0.05, 0.1) is 21.7 Å². The molecule has 1 atom stereocenters. The number of carbonyl (C=O) groups excluding carboxylic acids is 1. The summed E-state index contributed by atoms with van der Waals surface area (Å²) >= 11 is 1.06. The summed E-state index contributed by atoms with van der Waals surface area (Å²) in [6, 6.07) is 4.43. The van der Waals surface area contributed by atoms with Gasteiger partial charge >= 0.3 is 0 Å². The Labute approximate surface area is 182 Å². The van der Waals surface area contributed by atoms with Crippen LogP contribution in [0, 0.1) is 10.7 Å². The average Bonchev–Trinajstić information content (AvgIpc) is 3.28. The summed E-state index contributed by atoms with van der Waals surface area (Å²) in [6.07, 6.45) is 9.69. The second-order valence-electron chi connectivity index (χ2n) is 9.27. The SMILES string of the molecule is CC(C)(O)c1ncc([S@](=N)(=O)CC(=O)Cc2c(CC3CCC3)ccc3c2CCC3)s1. The predicted molar refractivity (Wildman–Crippen MR) is 120 cm³/mol. The molecule has 2 aliphatic rings. The van der Waals surface area contributed by atoms with Crippen molar-refractivity contribution in [3.63, 3.8) is 0 Å². The van der Waals surface area contributed by atoms with E-state index >= 15 is 0 Å². The number of nitrogens with zero attached hydrogens (tertiary/aromatic N) is 1. The average molecular weight is 447 g/mol. The molecule has 0 amide bonds. The van der Waals surface area contributed by atoms with E-state index in [-0.39, 0.29) is 22.2 Å². The molecule has 1 aromatic heterocycles. The Bertz CT molecular complexity index is 1060. The van der Waals surface area contributed by atoms with Crippen molar-refractivity contribution in [1.82, 2.24) is 4.98 Å². The molecule has 5 nitrogen and oxygen atoms in total. The molecule has 1 saturated carbocycles. The van der Waals surface area contributed by atoms with Crippen LogP contribution in [0.2, 0.25) is 0 Å². The van der Waals surface area contributed by atoms with Crippen molar-refractivity contribution in [2.75, 3.05) is 5.75 Å². The molecule has 2 N–H and O–H groups in total. The number of nitrogens with one attached hydrogen (secondary N) is 1. The van der Waals surface area contributed by atoms with Crippen LogP contribution in [0.15, 0.2) is 22.5 Å². The number of Topliss-reactive ketones (excluding diaryl/α,β-unsaturated/α-hetero) is 1. The fourth-order valence-corrected chi connectivity index (χ4v) is 6.98. The zero-order valence-electron chi connectivity index (χ0n) is 17.7. The molecule has 0 aliphatic heterocycles. The molecule has 0 bridgehead atoms. The summed E-state index contributed by atoms with van der Waals surface area (Å²) in [6.45, 7) is 3.21. The molecular formula is C23H30N2O3S2. The predicted octanol–water partition coefficient (Wildman–Crippen LogP) is 4.42. The number of aryl methyl sites for hydroxylation is 1. The number of aromatic nitrogens is 1. The molecule has 2 aromatic rings. The molecular weight excluding hydrogens is 416 g/mol. The molecule has 2 aliphatic carbocycles. The second kappa shape index (κ2) is 8.17. The number of carbonyl (C=O) groups is 1. The monoisotopic (exact) mass is 446 g/mol. The van der Waals surface area contributed by atoms with Gasteiger partial charge in [-0.3, -0.25) is 4.79 Å². The molecule has 4 rings (SSSR count). The van der Waals surface area contributed by atoms with E-state index in [1.165, 1.54) is 42.1 Å². The van der Waals surface area contributed by atoms with E-state index in [4.69, 9.17) is 4.78 Å². The highest BCUT2D eigenvalue weighted by Gasteiger charge is 2.27. The third-order valence-corrected chi connectivity index (χ3v) is 9.95. The first-order valence-electron chi connectivity index (χ1n) is 10.7. The standard InChI is InChI=1S/C23H30N2O3S2/c1-23(2,27)22-25-13-21(29-22)30(24,28)14-18(26)12-20-17(11-15-5-3-6-15)10-9-16-7-4-8-19(16)20/h9-10,13,15,24,27H,3-8,11-12,14H2,1-2H3/t30-/m1/s1. The smallest absolute Gasteiger partial charge is 0.151 e. The lowest BCUT2D eigenvalue weighted by Gasteiger charge is -2.27. The topological polar surface area (TPSA) is 91.1 Å². The third-order valence-electron chi connectivity index (χ3n) is 6.30. The highest BCUT2D eigenvalue weighted by molar-refractivity contribution is 7.95. The Morgan fingerprint density at radius 1 is 1.30 bits per heavy atom. The maximum absolute atomic E-state index is 13.0. The van der Waals surface area contributed by atoms with Gasteiger partial charge in [-0.2, -0.15) is 0 Å². The molecule has 7 heteroatoms. The lowest BCUT2D eigenvalue weighted by atomic mass is 9.79. The summed E-state index contributed by atoms with van der Waals surface area (Å²) in [5, 5.41) is 10.5. The third kappa shape index (κ3) is 4.53. The second-order valence-corrected chi connectivity index (χ2v) is 12.6. The van der Waals surface area contributed by atoms with Crippen molar-refractivity contribution in [1.29, 1.82) is 4.78 Å². The maximum Gasteiger partial charge on any atom is 0.151 e. The Morgan fingerprint density at radius 3 is 2.70 bits per heavy atom. The first kappa shape index (κ1) is 21.7. The zero-order valence-corrected chi connectivity index (χ0v) is 19.3. The largest absolute Gasteiger partial charge is 0.383 e. The number of thiazole rings is 1. The minimum absolute atomic E-state index is 0.150. The van der Waals surface area contributed by atoms with Gasteiger partial charge in [0, 0.05) is 6.42 Å². The number of aliphatic hydroxyl groups is 1. The highest BCUT2D eigenvalue weighted by atomic mass is 32.2. The van der Waals surface area contributed by atoms with Crippen molar-refractivity contribution in [2.45, 2.75) is 75.0 Å². The van der Waals surface area contributed by atoms with Crippen LogP contribution in [0.1, 0.15) is 66.8 Å². The first-order valence-corrected chi connectivity index (χ1v) is 13.3.